The van der Waals surface area contributed by atoms with E-state index in [2.05, 4.69) is 0 Å². The summed E-state index contributed by atoms with van der Waals surface area (Å²) in [5.41, 5.74) is 5.40. The molecule has 1 rings (SSSR count). The molecule has 0 aromatic heterocycles. The van der Waals surface area contributed by atoms with Gasteiger partial charge in [-0.15, -0.1) is 0 Å². The molecule has 0 aromatic rings. The van der Waals surface area contributed by atoms with E-state index in [1.54, 1.807) is 5.32 Å². The number of likely N-dealkylation sites (tertiary alicyclic amines) is 1. The fourth-order valence-electron chi connectivity index (χ4n) is 1.58. The van der Waals surface area contributed by atoms with E-state index >= 15 is 0 Å². The molecule has 1 saturated heterocycles. The van der Waals surface area contributed by atoms with Gasteiger partial charge in [0.05, 0.1) is 11.0 Å². The van der Waals surface area contributed by atoms with E-state index in [9.17, 15) is 18.0 Å². The maximum absolute atomic E-state index is 11.9. The van der Waals surface area contributed by atoms with Crippen LogP contribution in [0.2, 0.25) is 0 Å². The molecule has 4 nitrogen and oxygen atoms in total. The van der Waals surface area contributed by atoms with Gasteiger partial charge in [-0.05, 0) is 12.8 Å². The summed E-state index contributed by atoms with van der Waals surface area (Å²) in [5.74, 6) is 0. The molecule has 0 saturated carbocycles. The Morgan fingerprint density at radius 2 is 2.19 bits per heavy atom. The van der Waals surface area contributed by atoms with Crippen molar-refractivity contribution >= 4 is 23.2 Å². The molecule has 1 aliphatic rings. The number of hydrogen-bond acceptors (Lipinski definition) is 2. The number of carbonyl (C=O) groups excluding carboxylic acids is 1. The number of nitrogens with zero attached hydrogens (tertiary/aromatic N) is 1. The van der Waals surface area contributed by atoms with Crippen molar-refractivity contribution in [2.75, 3.05) is 13.1 Å². The first-order valence-corrected chi connectivity index (χ1v) is 5.12. The lowest BCUT2D eigenvalue weighted by atomic mass is 10.2. The summed E-state index contributed by atoms with van der Waals surface area (Å²) in [7, 11) is 0. The van der Waals surface area contributed by atoms with Gasteiger partial charge in [0, 0.05) is 6.54 Å². The van der Waals surface area contributed by atoms with E-state index in [1.807, 2.05) is 0 Å². The third-order valence-electron chi connectivity index (χ3n) is 2.28. The zero-order valence-corrected chi connectivity index (χ0v) is 9.20. The minimum atomic E-state index is -4.41. The van der Waals surface area contributed by atoms with Crippen LogP contribution in [0.15, 0.2) is 0 Å². The molecule has 0 spiro atoms. The van der Waals surface area contributed by atoms with Crippen LogP contribution in [0.3, 0.4) is 0 Å². The number of nitrogens with two attached hydrogens (primary N) is 1. The van der Waals surface area contributed by atoms with Gasteiger partial charge < -0.3 is 16.0 Å². The van der Waals surface area contributed by atoms with Gasteiger partial charge >= 0.3 is 12.2 Å². The maximum atomic E-state index is 11.9. The number of rotatable bonds is 2. The molecule has 3 N–H and O–H groups in total. The highest BCUT2D eigenvalue weighted by Gasteiger charge is 2.33. The Hall–Kier alpha value is -1.05. The van der Waals surface area contributed by atoms with Crippen molar-refractivity contribution in [2.24, 2.45) is 5.73 Å². The first-order chi connectivity index (χ1) is 7.31. The van der Waals surface area contributed by atoms with E-state index in [0.29, 0.717) is 19.4 Å². The Bertz CT molecular complexity index is 295. The number of alkyl halides is 3. The molecular weight excluding hydrogens is 243 g/mol. The van der Waals surface area contributed by atoms with E-state index in [0.717, 1.165) is 0 Å². The Morgan fingerprint density at radius 3 is 2.69 bits per heavy atom. The summed E-state index contributed by atoms with van der Waals surface area (Å²) < 4.78 is 35.6. The number of urea groups is 1. The van der Waals surface area contributed by atoms with Crippen molar-refractivity contribution in [1.82, 2.24) is 10.2 Å². The van der Waals surface area contributed by atoms with E-state index < -0.39 is 24.8 Å². The van der Waals surface area contributed by atoms with Gasteiger partial charge in [0.2, 0.25) is 0 Å². The van der Waals surface area contributed by atoms with Crippen molar-refractivity contribution in [3.8, 4) is 0 Å². The van der Waals surface area contributed by atoms with Crippen molar-refractivity contribution in [2.45, 2.75) is 25.1 Å². The van der Waals surface area contributed by atoms with E-state index in [1.165, 1.54) is 4.90 Å². The summed E-state index contributed by atoms with van der Waals surface area (Å²) >= 11 is 4.74. The number of halogens is 3. The van der Waals surface area contributed by atoms with Crippen molar-refractivity contribution in [3.05, 3.63) is 0 Å². The number of amides is 2. The van der Waals surface area contributed by atoms with Gasteiger partial charge in [-0.3, -0.25) is 0 Å². The van der Waals surface area contributed by atoms with Crippen LogP contribution in [0, 0.1) is 0 Å². The fourth-order valence-corrected chi connectivity index (χ4v) is 1.83. The molecule has 92 valence electrons. The Balaban J connectivity index is 2.50. The lowest BCUT2D eigenvalue weighted by Crippen LogP contribution is -2.49. The molecule has 0 aliphatic carbocycles. The van der Waals surface area contributed by atoms with Crippen molar-refractivity contribution < 1.29 is 18.0 Å². The average Bonchev–Trinajstić information content (AvgIpc) is 2.61. The molecule has 8 heteroatoms. The minimum absolute atomic E-state index is 0.139. The summed E-state index contributed by atoms with van der Waals surface area (Å²) in [5, 5.41) is 1.80. The number of carbonyl (C=O) groups is 1. The summed E-state index contributed by atoms with van der Waals surface area (Å²) in [4.78, 5) is 12.8. The normalized spacial score (nSPS) is 20.9. The van der Waals surface area contributed by atoms with Gasteiger partial charge in [0.15, 0.2) is 0 Å². The molecule has 0 aromatic carbocycles. The number of thiocarbonyl (C=S) groups is 1. The lowest BCUT2D eigenvalue weighted by molar-refractivity contribution is -0.123. The lowest BCUT2D eigenvalue weighted by Gasteiger charge is -2.24. The predicted molar refractivity (Wildman–Crippen MR) is 56.0 cm³/mol. The van der Waals surface area contributed by atoms with Gasteiger partial charge in [0.25, 0.3) is 0 Å². The van der Waals surface area contributed by atoms with Crippen LogP contribution in [0.1, 0.15) is 12.8 Å². The van der Waals surface area contributed by atoms with Gasteiger partial charge in [0.1, 0.15) is 6.54 Å². The van der Waals surface area contributed by atoms with Crippen LogP contribution in [-0.2, 0) is 0 Å². The first-order valence-electron chi connectivity index (χ1n) is 4.72. The molecule has 0 bridgehead atoms. The number of hydrogen-bond donors (Lipinski definition) is 2. The van der Waals surface area contributed by atoms with E-state index in [-0.39, 0.29) is 4.99 Å². The van der Waals surface area contributed by atoms with Crippen LogP contribution in [-0.4, -0.2) is 41.2 Å². The molecule has 1 fully saturated rings. The van der Waals surface area contributed by atoms with Gasteiger partial charge in [-0.1, -0.05) is 12.2 Å². The zero-order chi connectivity index (χ0) is 12.3. The quantitative estimate of drug-likeness (QED) is 0.724. The third-order valence-corrected chi connectivity index (χ3v) is 2.55. The number of nitrogens with one attached hydrogen (secondary N) is 1. The molecule has 1 aliphatic heterocycles. The fraction of sp³-hybridized carbons (Fsp3) is 0.750. The largest absolute Gasteiger partial charge is 0.405 e. The highest BCUT2D eigenvalue weighted by atomic mass is 32.1. The Labute approximate surface area is 96.0 Å². The molecule has 0 radical (unpaired) electrons. The van der Waals surface area contributed by atoms with Crippen LogP contribution < -0.4 is 11.1 Å². The second-order valence-electron chi connectivity index (χ2n) is 3.53. The van der Waals surface area contributed by atoms with Crippen LogP contribution in [0.5, 0.6) is 0 Å². The molecule has 16 heavy (non-hydrogen) atoms. The Kier molecular flexibility index (Phi) is 3.95. The topological polar surface area (TPSA) is 58.4 Å². The minimum Gasteiger partial charge on any atom is -0.392 e. The summed E-state index contributed by atoms with van der Waals surface area (Å²) in [6, 6.07) is -1.20. The Morgan fingerprint density at radius 1 is 1.56 bits per heavy atom. The van der Waals surface area contributed by atoms with Crippen LogP contribution in [0.25, 0.3) is 0 Å². The average molecular weight is 255 g/mol. The third kappa shape index (κ3) is 3.51. The molecule has 1 heterocycles. The van der Waals surface area contributed by atoms with Crippen molar-refractivity contribution in [3.63, 3.8) is 0 Å². The highest BCUT2D eigenvalue weighted by molar-refractivity contribution is 7.80. The van der Waals surface area contributed by atoms with E-state index in [4.69, 9.17) is 18.0 Å². The zero-order valence-electron chi connectivity index (χ0n) is 8.38. The van der Waals surface area contributed by atoms with Crippen LogP contribution >= 0.6 is 12.2 Å². The highest BCUT2D eigenvalue weighted by Crippen LogP contribution is 2.18. The molecule has 2 amide bonds. The molecular formula is C8H12F3N3OS. The van der Waals surface area contributed by atoms with Gasteiger partial charge in [-0.2, -0.15) is 13.2 Å². The molecule has 1 atom stereocenters. The summed E-state index contributed by atoms with van der Waals surface area (Å²) in [6.45, 7) is -0.960. The van der Waals surface area contributed by atoms with Crippen molar-refractivity contribution in [1.29, 1.82) is 0 Å². The SMILES string of the molecule is NC(=S)C1CCCN1C(=O)NCC(F)(F)F. The second-order valence-corrected chi connectivity index (χ2v) is 4.00. The first kappa shape index (κ1) is 13.0. The molecule has 1 unspecified atom stereocenters. The monoisotopic (exact) mass is 255 g/mol. The smallest absolute Gasteiger partial charge is 0.392 e. The predicted octanol–water partition coefficient (Wildman–Crippen LogP) is 1.01. The summed E-state index contributed by atoms with van der Waals surface area (Å²) in [6.07, 6.45) is -3.11. The maximum Gasteiger partial charge on any atom is 0.405 e. The second kappa shape index (κ2) is 4.86. The van der Waals surface area contributed by atoms with Crippen LogP contribution in [0.4, 0.5) is 18.0 Å². The van der Waals surface area contributed by atoms with Gasteiger partial charge in [-0.25, -0.2) is 4.79 Å². The standard InChI is InChI=1S/C8H12F3N3OS/c9-8(10,11)4-13-7(15)14-3-1-2-5(14)6(12)16/h5H,1-4H2,(H2,12,16)(H,13,15).